The Morgan fingerprint density at radius 2 is 1.95 bits per heavy atom. The van der Waals surface area contributed by atoms with Crippen LogP contribution in [0.2, 0.25) is 0 Å². The van der Waals surface area contributed by atoms with Crippen molar-refractivity contribution < 1.29 is 4.79 Å². The lowest BCUT2D eigenvalue weighted by Crippen LogP contribution is -2.47. The van der Waals surface area contributed by atoms with Crippen LogP contribution in [0, 0.1) is 5.92 Å². The van der Waals surface area contributed by atoms with E-state index in [1.165, 1.54) is 32.1 Å². The van der Waals surface area contributed by atoms with Crippen LogP contribution >= 0.6 is 0 Å². The molecule has 1 aliphatic carbocycles. The van der Waals surface area contributed by atoms with Crippen LogP contribution < -0.4 is 11.1 Å². The molecule has 0 spiro atoms. The molecule has 3 N–H and O–H groups in total. The van der Waals surface area contributed by atoms with Gasteiger partial charge in [0.25, 0.3) is 0 Å². The number of nitrogens with zero attached hydrogens (tertiary/aromatic N) is 1. The third-order valence-corrected chi connectivity index (χ3v) is 3.85. The van der Waals surface area contributed by atoms with E-state index >= 15 is 0 Å². The number of carbonyl (C=O) groups is 1. The number of primary amides is 1. The second-order valence-corrected chi connectivity index (χ2v) is 6.25. The molecule has 112 valence electrons. The predicted octanol–water partition coefficient (Wildman–Crippen LogP) is 1.74. The maximum absolute atomic E-state index is 11.2. The van der Waals surface area contributed by atoms with Crippen LogP contribution in [0.4, 0.5) is 0 Å². The lowest BCUT2D eigenvalue weighted by atomic mass is 9.89. The number of hydrogen-bond donors (Lipinski definition) is 2. The second kappa shape index (κ2) is 8.54. The molecule has 0 radical (unpaired) electrons. The zero-order valence-corrected chi connectivity index (χ0v) is 12.8. The van der Waals surface area contributed by atoms with Gasteiger partial charge in [-0.25, -0.2) is 0 Å². The summed E-state index contributed by atoms with van der Waals surface area (Å²) in [6.45, 7) is 9.10. The number of carbonyl (C=O) groups excluding carboxylic acids is 1. The van der Waals surface area contributed by atoms with Gasteiger partial charge in [0.2, 0.25) is 5.91 Å². The average molecular weight is 269 g/mol. The van der Waals surface area contributed by atoms with Crippen molar-refractivity contribution in [1.29, 1.82) is 0 Å². The van der Waals surface area contributed by atoms with Crippen molar-refractivity contribution in [3.05, 3.63) is 0 Å². The van der Waals surface area contributed by atoms with Crippen LogP contribution in [-0.4, -0.2) is 42.5 Å². The lowest BCUT2D eigenvalue weighted by Gasteiger charge is -2.37. The van der Waals surface area contributed by atoms with Gasteiger partial charge in [0.15, 0.2) is 0 Å². The van der Waals surface area contributed by atoms with E-state index in [4.69, 9.17) is 5.73 Å². The Hall–Kier alpha value is -0.610. The highest BCUT2D eigenvalue weighted by molar-refractivity contribution is 5.75. The molecule has 1 amide bonds. The van der Waals surface area contributed by atoms with E-state index in [-0.39, 0.29) is 5.91 Å². The van der Waals surface area contributed by atoms with Crippen molar-refractivity contribution in [2.24, 2.45) is 11.7 Å². The molecule has 0 unspecified atom stereocenters. The van der Waals surface area contributed by atoms with Gasteiger partial charge in [0.05, 0.1) is 6.54 Å². The molecular formula is C15H31N3O. The third-order valence-electron chi connectivity index (χ3n) is 3.85. The lowest BCUT2D eigenvalue weighted by molar-refractivity contribution is -0.120. The number of amides is 1. The van der Waals surface area contributed by atoms with Crippen molar-refractivity contribution >= 4 is 5.91 Å². The van der Waals surface area contributed by atoms with Crippen LogP contribution in [0.15, 0.2) is 0 Å². The van der Waals surface area contributed by atoms with E-state index in [0.29, 0.717) is 24.5 Å². The highest BCUT2D eigenvalue weighted by Gasteiger charge is 2.26. The first-order valence-electron chi connectivity index (χ1n) is 7.78. The Bertz CT molecular complexity index is 260. The zero-order valence-electron chi connectivity index (χ0n) is 12.8. The molecule has 0 bridgehead atoms. The van der Waals surface area contributed by atoms with E-state index in [0.717, 1.165) is 13.1 Å². The van der Waals surface area contributed by atoms with Gasteiger partial charge in [-0.3, -0.25) is 9.69 Å². The van der Waals surface area contributed by atoms with Gasteiger partial charge in [-0.05, 0) is 44.6 Å². The molecule has 0 aromatic heterocycles. The molecule has 4 heteroatoms. The fourth-order valence-electron chi connectivity index (χ4n) is 3.01. The van der Waals surface area contributed by atoms with E-state index in [2.05, 4.69) is 31.0 Å². The van der Waals surface area contributed by atoms with E-state index in [1.807, 2.05) is 0 Å². The predicted molar refractivity (Wildman–Crippen MR) is 79.9 cm³/mol. The highest BCUT2D eigenvalue weighted by Crippen LogP contribution is 2.23. The monoisotopic (exact) mass is 269 g/mol. The van der Waals surface area contributed by atoms with Crippen molar-refractivity contribution in [3.8, 4) is 0 Å². The molecule has 0 atom stereocenters. The van der Waals surface area contributed by atoms with Crippen molar-refractivity contribution in [2.45, 2.75) is 65.0 Å². The fourth-order valence-corrected chi connectivity index (χ4v) is 3.01. The number of hydrogen-bond acceptors (Lipinski definition) is 3. The van der Waals surface area contributed by atoms with E-state index < -0.39 is 0 Å². The molecule has 1 saturated carbocycles. The van der Waals surface area contributed by atoms with E-state index in [9.17, 15) is 4.79 Å². The quantitative estimate of drug-likeness (QED) is 0.705. The Kier molecular flexibility index (Phi) is 7.39. The van der Waals surface area contributed by atoms with Gasteiger partial charge in [-0.2, -0.15) is 0 Å². The average Bonchev–Trinajstić information content (AvgIpc) is 2.35. The molecule has 1 aliphatic rings. The van der Waals surface area contributed by atoms with Crippen LogP contribution in [-0.2, 0) is 4.79 Å². The van der Waals surface area contributed by atoms with Gasteiger partial charge in [-0.15, -0.1) is 0 Å². The summed E-state index contributed by atoms with van der Waals surface area (Å²) in [6.07, 6.45) is 6.00. The molecule has 4 nitrogen and oxygen atoms in total. The van der Waals surface area contributed by atoms with Gasteiger partial charge >= 0.3 is 0 Å². The molecule has 1 rings (SSSR count). The smallest absolute Gasteiger partial charge is 0.231 e. The first-order chi connectivity index (χ1) is 9.02. The summed E-state index contributed by atoms with van der Waals surface area (Å²) in [7, 11) is 0. The summed E-state index contributed by atoms with van der Waals surface area (Å²) < 4.78 is 0. The zero-order chi connectivity index (χ0) is 14.3. The SMILES string of the molecule is CCCNC1CCC(N(CC(N)=O)CC(C)C)CC1. The molecule has 19 heavy (non-hydrogen) atoms. The van der Waals surface area contributed by atoms with Crippen LogP contribution in [0.25, 0.3) is 0 Å². The molecular weight excluding hydrogens is 238 g/mol. The van der Waals surface area contributed by atoms with Gasteiger partial charge < -0.3 is 11.1 Å². The Morgan fingerprint density at radius 3 is 2.42 bits per heavy atom. The largest absolute Gasteiger partial charge is 0.369 e. The van der Waals surface area contributed by atoms with Gasteiger partial charge in [0, 0.05) is 18.6 Å². The molecule has 0 saturated heterocycles. The first kappa shape index (κ1) is 16.4. The molecule has 0 aromatic rings. The van der Waals surface area contributed by atoms with Crippen molar-refractivity contribution in [1.82, 2.24) is 10.2 Å². The second-order valence-electron chi connectivity index (χ2n) is 6.25. The highest BCUT2D eigenvalue weighted by atomic mass is 16.1. The summed E-state index contributed by atoms with van der Waals surface area (Å²) in [4.78, 5) is 13.5. The van der Waals surface area contributed by atoms with Crippen LogP contribution in [0.5, 0.6) is 0 Å². The first-order valence-corrected chi connectivity index (χ1v) is 7.78. The van der Waals surface area contributed by atoms with Crippen LogP contribution in [0.1, 0.15) is 52.9 Å². The summed E-state index contributed by atoms with van der Waals surface area (Å²) >= 11 is 0. The molecule has 0 aromatic carbocycles. The number of nitrogens with two attached hydrogens (primary N) is 1. The van der Waals surface area contributed by atoms with Gasteiger partial charge in [0.1, 0.15) is 0 Å². The normalized spacial score (nSPS) is 24.1. The minimum Gasteiger partial charge on any atom is -0.369 e. The Balaban J connectivity index is 2.42. The fraction of sp³-hybridized carbons (Fsp3) is 0.933. The molecule has 1 fully saturated rings. The van der Waals surface area contributed by atoms with Crippen molar-refractivity contribution in [3.63, 3.8) is 0 Å². The summed E-state index contributed by atoms with van der Waals surface area (Å²) in [5, 5.41) is 3.60. The maximum atomic E-state index is 11.2. The van der Waals surface area contributed by atoms with E-state index in [1.54, 1.807) is 0 Å². The minimum atomic E-state index is -0.202. The van der Waals surface area contributed by atoms with Crippen molar-refractivity contribution in [2.75, 3.05) is 19.6 Å². The third kappa shape index (κ3) is 6.39. The standard InChI is InChI=1S/C15H31N3O/c1-4-9-17-13-5-7-14(8-6-13)18(10-12(2)3)11-15(16)19/h12-14,17H,4-11H2,1-3H3,(H2,16,19). The number of nitrogens with one attached hydrogen (secondary N) is 1. The summed E-state index contributed by atoms with van der Waals surface area (Å²) in [5.41, 5.74) is 5.38. The number of rotatable bonds is 8. The van der Waals surface area contributed by atoms with Gasteiger partial charge in [-0.1, -0.05) is 20.8 Å². The maximum Gasteiger partial charge on any atom is 0.231 e. The Morgan fingerprint density at radius 1 is 1.32 bits per heavy atom. The summed E-state index contributed by atoms with van der Waals surface area (Å²) in [6, 6.07) is 1.21. The molecule has 0 heterocycles. The molecule has 0 aliphatic heterocycles. The topological polar surface area (TPSA) is 58.4 Å². The Labute approximate surface area is 118 Å². The summed E-state index contributed by atoms with van der Waals surface area (Å²) in [5.74, 6) is 0.377. The minimum absolute atomic E-state index is 0.202. The van der Waals surface area contributed by atoms with Crippen LogP contribution in [0.3, 0.4) is 0 Å².